The van der Waals surface area contributed by atoms with Crippen LogP contribution in [-0.4, -0.2) is 60.9 Å². The lowest BCUT2D eigenvalue weighted by atomic mass is 9.34. The van der Waals surface area contributed by atoms with Crippen molar-refractivity contribution in [2.75, 3.05) is 19.8 Å². The Bertz CT molecular complexity index is 1280. The van der Waals surface area contributed by atoms with E-state index in [9.17, 15) is 19.5 Å². The minimum absolute atomic E-state index is 0.129. The van der Waals surface area contributed by atoms with Crippen LogP contribution in [0.4, 0.5) is 0 Å². The molecule has 0 unspecified atom stereocenters. The highest BCUT2D eigenvalue weighted by molar-refractivity contribution is 5.81. The number of aliphatic carboxylic acids is 1. The molecule has 0 aromatic heterocycles. The highest BCUT2D eigenvalue weighted by atomic mass is 16.6. The second-order valence-corrected chi connectivity index (χ2v) is 16.4. The first-order valence-electron chi connectivity index (χ1n) is 16.8. The molecular weight excluding hydrogens is 574 g/mol. The number of fused-ring (bicyclic) bond motifs is 3. The summed E-state index contributed by atoms with van der Waals surface area (Å²) in [5.74, 6) is -1.54. The number of guanidine groups is 1. The summed E-state index contributed by atoms with van der Waals surface area (Å²) in [4.78, 5) is 38.7. The van der Waals surface area contributed by atoms with Crippen LogP contribution in [-0.2, 0) is 28.6 Å². The summed E-state index contributed by atoms with van der Waals surface area (Å²) >= 11 is 0. The van der Waals surface area contributed by atoms with E-state index in [4.69, 9.17) is 25.4 Å². The molecule has 3 saturated carbocycles. The lowest BCUT2D eigenvalue weighted by Crippen LogP contribution is -2.70. The molecule has 0 spiro atoms. The van der Waals surface area contributed by atoms with Gasteiger partial charge in [-0.1, -0.05) is 60.1 Å². The van der Waals surface area contributed by atoms with Crippen molar-refractivity contribution in [3.05, 3.63) is 11.6 Å². The van der Waals surface area contributed by atoms with Gasteiger partial charge in [0.15, 0.2) is 5.96 Å². The molecule has 1 saturated heterocycles. The number of nitrogens with one attached hydrogen (secondary N) is 2. The number of allylic oxidation sites excluding steroid dienone is 1. The van der Waals surface area contributed by atoms with Crippen molar-refractivity contribution >= 4 is 23.9 Å². The van der Waals surface area contributed by atoms with Gasteiger partial charge < -0.3 is 30.4 Å². The Balaban J connectivity index is 1.57. The summed E-state index contributed by atoms with van der Waals surface area (Å²) < 4.78 is 18.4. The molecule has 45 heavy (non-hydrogen) atoms. The fourth-order valence-corrected chi connectivity index (χ4v) is 11.5. The first-order chi connectivity index (χ1) is 20.9. The smallest absolute Gasteiger partial charge is 0.325 e. The molecule has 0 amide bonds. The number of carboxylic acids is 1. The van der Waals surface area contributed by atoms with Gasteiger partial charge in [-0.3, -0.25) is 19.8 Å². The highest BCUT2D eigenvalue weighted by Crippen LogP contribution is 2.75. The van der Waals surface area contributed by atoms with Crippen molar-refractivity contribution in [2.45, 2.75) is 106 Å². The Labute approximate surface area is 268 Å². The van der Waals surface area contributed by atoms with Crippen LogP contribution in [0.2, 0.25) is 0 Å². The molecule has 5 aliphatic rings. The van der Waals surface area contributed by atoms with Crippen LogP contribution < -0.4 is 11.1 Å². The fourth-order valence-electron chi connectivity index (χ4n) is 11.5. The quantitative estimate of drug-likeness (QED) is 0.133. The number of hydrogen-bond donors (Lipinski definition) is 4. The highest BCUT2D eigenvalue weighted by Gasteiger charge is 2.72. The van der Waals surface area contributed by atoms with Gasteiger partial charge in [-0.05, 0) is 78.4 Å². The number of nitrogens with two attached hydrogens (primary N) is 1. The van der Waals surface area contributed by atoms with Crippen LogP contribution in [0, 0.1) is 62.1 Å². The standard InChI is InChI=1S/C35H55N3O7/c1-19(2)20(3)31(5)13-14-33(7)22-9-10-25-32(6)17-43-18-35(25,23(22)11-12-34(33,8)27(31)29(41)42)15-24(44-21(4)39)28(32)45-26(40)16-38-30(36)37/h11,19-20,22,24-25,27-28H,9-10,12-18H2,1-8H3,(H,41,42)(H4,36,37,38)/t20-,22+,24-,25+,27-,28+,31-,32-,33-,34+,35+/m1/s1. The topological polar surface area (TPSA) is 161 Å². The molecule has 4 aliphatic carbocycles. The average molecular weight is 630 g/mol. The SMILES string of the molecule is CC(=O)O[C@@H]1C[C@@]23COC[C@](C)([C@@H]2CC[C@H]2C3=CC[C@@]3(C)[C@H](C(=O)O)[C@@](C)([C@H](C)C(C)C)CC[C@]23C)[C@H]1OC(=O)CNC(=N)N. The van der Waals surface area contributed by atoms with E-state index < -0.39 is 52.3 Å². The van der Waals surface area contributed by atoms with Crippen molar-refractivity contribution < 1.29 is 33.7 Å². The molecule has 1 aliphatic heterocycles. The number of ether oxygens (including phenoxy) is 3. The second-order valence-electron chi connectivity index (χ2n) is 16.4. The average Bonchev–Trinajstić information content (AvgIpc) is 2.93. The van der Waals surface area contributed by atoms with Crippen LogP contribution in [0.5, 0.6) is 0 Å². The van der Waals surface area contributed by atoms with Crippen LogP contribution >= 0.6 is 0 Å². The largest absolute Gasteiger partial charge is 0.481 e. The van der Waals surface area contributed by atoms with Gasteiger partial charge in [0.1, 0.15) is 18.8 Å². The van der Waals surface area contributed by atoms with Crippen LogP contribution in [0.15, 0.2) is 11.6 Å². The van der Waals surface area contributed by atoms with Crippen LogP contribution in [0.25, 0.3) is 0 Å². The summed E-state index contributed by atoms with van der Waals surface area (Å²) in [6, 6.07) is 0. The van der Waals surface area contributed by atoms with Gasteiger partial charge in [0, 0.05) is 17.8 Å². The molecule has 5 rings (SSSR count). The molecule has 10 heteroatoms. The van der Waals surface area contributed by atoms with Gasteiger partial charge >= 0.3 is 17.9 Å². The van der Waals surface area contributed by atoms with Gasteiger partial charge in [-0.15, -0.1) is 0 Å². The van der Waals surface area contributed by atoms with Crippen molar-refractivity contribution in [1.29, 1.82) is 5.41 Å². The first kappa shape index (κ1) is 33.7. The maximum absolute atomic E-state index is 13.3. The van der Waals surface area contributed by atoms with E-state index in [1.54, 1.807) is 0 Å². The molecule has 0 aromatic carbocycles. The number of rotatable bonds is 7. The first-order valence-corrected chi connectivity index (χ1v) is 16.8. The summed E-state index contributed by atoms with van der Waals surface area (Å²) in [5, 5.41) is 20.8. The third kappa shape index (κ3) is 4.91. The fraction of sp³-hybridized carbons (Fsp3) is 0.829. The summed E-state index contributed by atoms with van der Waals surface area (Å²) in [6.07, 6.45) is 5.75. The maximum Gasteiger partial charge on any atom is 0.325 e. The molecule has 10 nitrogen and oxygen atoms in total. The van der Waals surface area contributed by atoms with E-state index in [-0.39, 0.29) is 41.1 Å². The van der Waals surface area contributed by atoms with Gasteiger partial charge in [0.2, 0.25) is 0 Å². The van der Waals surface area contributed by atoms with Crippen molar-refractivity contribution in [3.63, 3.8) is 0 Å². The van der Waals surface area contributed by atoms with Gasteiger partial charge in [-0.2, -0.15) is 0 Å². The third-order valence-electron chi connectivity index (χ3n) is 14.1. The summed E-state index contributed by atoms with van der Waals surface area (Å²) in [7, 11) is 0. The molecule has 0 radical (unpaired) electrons. The van der Waals surface area contributed by atoms with E-state index in [0.717, 1.165) is 25.7 Å². The molecule has 2 bridgehead atoms. The van der Waals surface area contributed by atoms with Crippen molar-refractivity contribution in [2.24, 2.45) is 62.4 Å². The Morgan fingerprint density at radius 3 is 2.38 bits per heavy atom. The number of hydrogen-bond acceptors (Lipinski definition) is 7. The van der Waals surface area contributed by atoms with Gasteiger partial charge in [0.25, 0.3) is 0 Å². The zero-order valence-corrected chi connectivity index (χ0v) is 28.5. The molecule has 11 atom stereocenters. The molecule has 1 heterocycles. The monoisotopic (exact) mass is 629 g/mol. The maximum atomic E-state index is 13.3. The zero-order chi connectivity index (χ0) is 33.3. The van der Waals surface area contributed by atoms with E-state index in [0.29, 0.717) is 32.0 Å². The van der Waals surface area contributed by atoms with Crippen molar-refractivity contribution in [1.82, 2.24) is 5.32 Å². The van der Waals surface area contributed by atoms with E-state index in [1.807, 2.05) is 0 Å². The summed E-state index contributed by atoms with van der Waals surface area (Å²) in [5.41, 5.74) is 4.71. The van der Waals surface area contributed by atoms with E-state index >= 15 is 0 Å². The molecule has 252 valence electrons. The van der Waals surface area contributed by atoms with E-state index in [2.05, 4.69) is 59.9 Å². The Hall–Kier alpha value is -2.62. The lowest BCUT2D eigenvalue weighted by molar-refractivity contribution is -0.262. The van der Waals surface area contributed by atoms with Crippen LogP contribution in [0.3, 0.4) is 0 Å². The minimum atomic E-state index is -0.716. The zero-order valence-electron chi connectivity index (χ0n) is 28.5. The molecule has 4 fully saturated rings. The molecule has 0 aromatic rings. The Morgan fingerprint density at radius 2 is 1.78 bits per heavy atom. The van der Waals surface area contributed by atoms with Crippen molar-refractivity contribution in [3.8, 4) is 0 Å². The molecular formula is C35H55N3O7. The number of carboxylic acid groups (broad SMARTS) is 1. The molecule has 5 N–H and O–H groups in total. The predicted molar refractivity (Wildman–Crippen MR) is 169 cm³/mol. The Kier molecular flexibility index (Phi) is 8.45. The van der Waals surface area contributed by atoms with E-state index in [1.165, 1.54) is 12.5 Å². The van der Waals surface area contributed by atoms with Crippen LogP contribution in [0.1, 0.15) is 93.9 Å². The lowest BCUT2D eigenvalue weighted by Gasteiger charge is -2.71. The number of carbonyl (C=O) groups is 3. The summed E-state index contributed by atoms with van der Waals surface area (Å²) in [6.45, 7) is 17.5. The Morgan fingerprint density at radius 1 is 1.09 bits per heavy atom. The third-order valence-corrected chi connectivity index (χ3v) is 14.1. The van der Waals surface area contributed by atoms with Gasteiger partial charge in [0.05, 0.1) is 19.1 Å². The normalized spacial score (nSPS) is 44.3. The second kappa shape index (κ2) is 11.3. The van der Waals surface area contributed by atoms with Gasteiger partial charge in [-0.25, -0.2) is 0 Å². The number of carbonyl (C=O) groups excluding carboxylic acids is 2. The number of esters is 2. The minimum Gasteiger partial charge on any atom is -0.481 e. The predicted octanol–water partition coefficient (Wildman–Crippen LogP) is 4.90.